The molecule has 0 saturated heterocycles. The van der Waals surface area contributed by atoms with Gasteiger partial charge in [-0.05, 0) is 36.9 Å². The maximum absolute atomic E-state index is 12.2. The summed E-state index contributed by atoms with van der Waals surface area (Å²) in [5.41, 5.74) is 0.650. The summed E-state index contributed by atoms with van der Waals surface area (Å²) in [7, 11) is 0. The van der Waals surface area contributed by atoms with Gasteiger partial charge in [0, 0.05) is 22.2 Å². The second-order valence-corrected chi connectivity index (χ2v) is 6.27. The van der Waals surface area contributed by atoms with Crippen LogP contribution in [0.25, 0.3) is 0 Å². The van der Waals surface area contributed by atoms with Crippen molar-refractivity contribution in [2.75, 3.05) is 0 Å². The van der Waals surface area contributed by atoms with Gasteiger partial charge in [-0.15, -0.1) is 0 Å². The molecule has 3 nitrogen and oxygen atoms in total. The van der Waals surface area contributed by atoms with Gasteiger partial charge in [0.2, 0.25) is 0 Å². The lowest BCUT2D eigenvalue weighted by Crippen LogP contribution is -2.29. The van der Waals surface area contributed by atoms with Crippen LogP contribution in [0, 0.1) is 5.21 Å². The van der Waals surface area contributed by atoms with Crippen molar-refractivity contribution in [2.24, 2.45) is 0 Å². The summed E-state index contributed by atoms with van der Waals surface area (Å²) in [5, 5.41) is 11.8. The van der Waals surface area contributed by atoms with Crippen LogP contribution in [0.15, 0.2) is 58.2 Å². The van der Waals surface area contributed by atoms with Crippen LogP contribution in [0.3, 0.4) is 0 Å². The normalized spacial score (nSPS) is 12.1. The Hall–Kier alpha value is -1.33. The highest BCUT2D eigenvalue weighted by Crippen LogP contribution is 2.23. The van der Waals surface area contributed by atoms with E-state index >= 15 is 0 Å². The Labute approximate surface area is 124 Å². The number of halogens is 1. The fraction of sp³-hybridized carbons (Fsp3) is 0.143. The molecule has 1 atom stereocenters. The molecule has 0 amide bonds. The monoisotopic (exact) mass is 337 g/mol. The molecule has 1 aromatic heterocycles. The molecule has 0 spiro atoms. The largest absolute Gasteiger partial charge is 0.618 e. The van der Waals surface area contributed by atoms with E-state index in [9.17, 15) is 10.0 Å². The van der Waals surface area contributed by atoms with E-state index in [2.05, 4.69) is 15.9 Å². The minimum atomic E-state index is -0.302. The number of pyridine rings is 1. The zero-order valence-corrected chi connectivity index (χ0v) is 12.6. The molecule has 0 aliphatic carbocycles. The number of Topliss-reactive ketones (excluding diaryl/α,β-unsaturated/α-hetero) is 1. The van der Waals surface area contributed by atoms with Crippen LogP contribution in [0.5, 0.6) is 0 Å². The van der Waals surface area contributed by atoms with E-state index in [1.54, 1.807) is 30.3 Å². The zero-order valence-electron chi connectivity index (χ0n) is 10.2. The van der Waals surface area contributed by atoms with Gasteiger partial charge in [0.1, 0.15) is 0 Å². The van der Waals surface area contributed by atoms with Crippen molar-refractivity contribution in [3.63, 3.8) is 0 Å². The summed E-state index contributed by atoms with van der Waals surface area (Å²) >= 11 is 4.60. The summed E-state index contributed by atoms with van der Waals surface area (Å²) in [5.74, 6) is 0.0151. The first-order valence-electron chi connectivity index (χ1n) is 5.72. The molecule has 0 bridgehead atoms. The predicted octanol–water partition coefficient (Wildman–Crippen LogP) is 3.45. The number of aromatic nitrogens is 1. The van der Waals surface area contributed by atoms with Gasteiger partial charge in [0.15, 0.2) is 12.0 Å². The number of hydrogen-bond acceptors (Lipinski definition) is 3. The van der Waals surface area contributed by atoms with Gasteiger partial charge < -0.3 is 5.21 Å². The van der Waals surface area contributed by atoms with Crippen LogP contribution in [0.2, 0.25) is 0 Å². The molecule has 5 heteroatoms. The minimum Gasteiger partial charge on any atom is -0.618 e. The molecule has 1 aromatic carbocycles. The number of ketones is 1. The van der Waals surface area contributed by atoms with Gasteiger partial charge in [0.05, 0.1) is 5.25 Å². The molecule has 0 fully saturated rings. The number of nitrogens with zero attached hydrogens (tertiary/aromatic N) is 1. The van der Waals surface area contributed by atoms with Gasteiger partial charge >= 0.3 is 0 Å². The molecule has 98 valence electrons. The van der Waals surface area contributed by atoms with Gasteiger partial charge in [-0.1, -0.05) is 28.1 Å². The fourth-order valence-corrected chi connectivity index (χ4v) is 2.78. The molecule has 2 rings (SSSR count). The molecule has 0 saturated carbocycles. The Balaban J connectivity index is 2.12. The Kier molecular flexibility index (Phi) is 4.61. The fourth-order valence-electron chi connectivity index (χ4n) is 1.59. The van der Waals surface area contributed by atoms with Crippen molar-refractivity contribution in [3.8, 4) is 0 Å². The maximum Gasteiger partial charge on any atom is 0.252 e. The van der Waals surface area contributed by atoms with E-state index in [1.165, 1.54) is 18.0 Å². The molecule has 0 radical (unpaired) electrons. The molecule has 0 N–H and O–H groups in total. The van der Waals surface area contributed by atoms with E-state index in [0.29, 0.717) is 10.6 Å². The van der Waals surface area contributed by atoms with Gasteiger partial charge in [0.25, 0.3) is 5.03 Å². The van der Waals surface area contributed by atoms with Gasteiger partial charge in [-0.2, -0.15) is 4.73 Å². The maximum atomic E-state index is 12.2. The van der Waals surface area contributed by atoms with Crippen LogP contribution in [-0.4, -0.2) is 11.0 Å². The number of carbonyl (C=O) groups excluding carboxylic acids is 1. The Morgan fingerprint density at radius 1 is 1.26 bits per heavy atom. The van der Waals surface area contributed by atoms with Crippen molar-refractivity contribution in [1.29, 1.82) is 0 Å². The highest BCUT2D eigenvalue weighted by molar-refractivity contribution is 9.10. The number of thioether (sulfide) groups is 1. The summed E-state index contributed by atoms with van der Waals surface area (Å²) in [4.78, 5) is 12.2. The van der Waals surface area contributed by atoms with E-state index in [-0.39, 0.29) is 11.0 Å². The van der Waals surface area contributed by atoms with E-state index in [0.717, 1.165) is 9.20 Å². The van der Waals surface area contributed by atoms with Crippen molar-refractivity contribution < 1.29 is 9.52 Å². The predicted molar refractivity (Wildman–Crippen MR) is 79.2 cm³/mol. The Bertz CT molecular complexity index is 586. The third kappa shape index (κ3) is 3.58. The van der Waals surface area contributed by atoms with Crippen molar-refractivity contribution in [2.45, 2.75) is 17.2 Å². The first kappa shape index (κ1) is 14.1. The summed E-state index contributed by atoms with van der Waals surface area (Å²) in [6, 6.07) is 12.4. The van der Waals surface area contributed by atoms with Crippen molar-refractivity contribution >= 4 is 33.5 Å². The van der Waals surface area contributed by atoms with Crippen LogP contribution >= 0.6 is 27.7 Å². The smallest absolute Gasteiger partial charge is 0.252 e. The van der Waals surface area contributed by atoms with Crippen LogP contribution in [0.4, 0.5) is 0 Å². The molecule has 2 aromatic rings. The number of carbonyl (C=O) groups is 1. The van der Waals surface area contributed by atoms with E-state index < -0.39 is 0 Å². The van der Waals surface area contributed by atoms with Gasteiger partial charge in [-0.3, -0.25) is 4.79 Å². The van der Waals surface area contributed by atoms with E-state index in [1.807, 2.05) is 19.1 Å². The van der Waals surface area contributed by atoms with Crippen LogP contribution in [-0.2, 0) is 0 Å². The number of benzene rings is 1. The highest BCUT2D eigenvalue weighted by atomic mass is 79.9. The molecule has 1 heterocycles. The van der Waals surface area contributed by atoms with Crippen molar-refractivity contribution in [3.05, 3.63) is 63.9 Å². The standard InChI is InChI=1S/C14H12BrNO2S/c1-10(19-13-4-2-3-9-16(13)18)14(17)11-5-7-12(15)8-6-11/h2-10H,1H3/t10-/m0/s1. The second kappa shape index (κ2) is 6.21. The Morgan fingerprint density at radius 3 is 2.58 bits per heavy atom. The topological polar surface area (TPSA) is 44.0 Å². The first-order valence-corrected chi connectivity index (χ1v) is 7.40. The Morgan fingerprint density at radius 2 is 1.95 bits per heavy atom. The quantitative estimate of drug-likeness (QED) is 0.371. The average molecular weight is 338 g/mol. The van der Waals surface area contributed by atoms with Gasteiger partial charge in [-0.25, -0.2) is 0 Å². The van der Waals surface area contributed by atoms with Crippen LogP contribution < -0.4 is 4.73 Å². The molecular weight excluding hydrogens is 326 g/mol. The average Bonchev–Trinajstić information content (AvgIpc) is 2.41. The lowest BCUT2D eigenvalue weighted by Gasteiger charge is -2.10. The third-order valence-corrected chi connectivity index (χ3v) is 4.24. The summed E-state index contributed by atoms with van der Waals surface area (Å²) < 4.78 is 1.71. The zero-order chi connectivity index (χ0) is 13.8. The molecule has 0 aliphatic rings. The number of rotatable bonds is 4. The van der Waals surface area contributed by atoms with Crippen LogP contribution in [0.1, 0.15) is 17.3 Å². The number of hydrogen-bond donors (Lipinski definition) is 0. The summed E-state index contributed by atoms with van der Waals surface area (Å²) in [6.07, 6.45) is 1.43. The lowest BCUT2D eigenvalue weighted by molar-refractivity contribution is -0.645. The lowest BCUT2D eigenvalue weighted by atomic mass is 10.1. The molecule has 19 heavy (non-hydrogen) atoms. The first-order chi connectivity index (χ1) is 9.08. The molecule has 0 unspecified atom stereocenters. The molecular formula is C14H12BrNO2S. The SMILES string of the molecule is C[C@H](Sc1cccc[n+]1[O-])C(=O)c1ccc(Br)cc1. The third-order valence-electron chi connectivity index (χ3n) is 2.58. The highest BCUT2D eigenvalue weighted by Gasteiger charge is 2.19. The summed E-state index contributed by atoms with van der Waals surface area (Å²) in [6.45, 7) is 1.81. The van der Waals surface area contributed by atoms with Crippen molar-refractivity contribution in [1.82, 2.24) is 0 Å². The minimum absolute atomic E-state index is 0.0151. The second-order valence-electron chi connectivity index (χ2n) is 4.00. The van der Waals surface area contributed by atoms with E-state index in [4.69, 9.17) is 0 Å². The molecule has 0 aliphatic heterocycles.